The molecule has 10 atom stereocenters. The molecule has 3 saturated heterocycles. The zero-order valence-corrected chi connectivity index (χ0v) is 30.5. The molecule has 278 valence electrons. The molecule has 11 heteroatoms. The summed E-state index contributed by atoms with van der Waals surface area (Å²) in [5, 5.41) is 31.8. The quantitative estimate of drug-likeness (QED) is 0.131. The number of carbonyl (C=O) groups excluding carboxylic acids is 2. The van der Waals surface area contributed by atoms with E-state index in [0.717, 1.165) is 44.7 Å². The van der Waals surface area contributed by atoms with Crippen LogP contribution in [0.2, 0.25) is 0 Å². The molecule has 3 fully saturated rings. The Morgan fingerprint density at radius 2 is 1.82 bits per heavy atom. The van der Waals surface area contributed by atoms with Crippen molar-refractivity contribution >= 4 is 12.1 Å². The summed E-state index contributed by atoms with van der Waals surface area (Å²) < 4.78 is 23.3. The first-order chi connectivity index (χ1) is 23.3. The molecule has 3 N–H and O–H groups in total. The van der Waals surface area contributed by atoms with Crippen molar-refractivity contribution < 1.29 is 43.9 Å². The van der Waals surface area contributed by atoms with E-state index in [4.69, 9.17) is 18.9 Å². The number of amides is 1. The molecule has 0 saturated carbocycles. The molecule has 11 nitrogen and oxygen atoms in total. The summed E-state index contributed by atoms with van der Waals surface area (Å²) >= 11 is 0. The van der Waals surface area contributed by atoms with E-state index in [1.807, 2.05) is 52.8 Å². The van der Waals surface area contributed by atoms with E-state index >= 15 is 0 Å². The van der Waals surface area contributed by atoms with E-state index in [-0.39, 0.29) is 42.5 Å². The molecule has 0 aromatic heterocycles. The molecule has 4 rings (SSSR count). The second kappa shape index (κ2) is 18.3. The maximum atomic E-state index is 13.4. The van der Waals surface area contributed by atoms with Gasteiger partial charge in [-0.15, -0.1) is 0 Å². The van der Waals surface area contributed by atoms with Gasteiger partial charge in [0.15, 0.2) is 0 Å². The van der Waals surface area contributed by atoms with Crippen LogP contribution in [0.1, 0.15) is 86.5 Å². The number of hydrogen-bond donors (Lipinski definition) is 3. The fourth-order valence-electron chi connectivity index (χ4n) is 7.35. The minimum absolute atomic E-state index is 0.00460. The second-order valence-electron chi connectivity index (χ2n) is 15.1. The minimum Gasteiger partial charge on any atom is -0.457 e. The predicted octanol–water partition coefficient (Wildman–Crippen LogP) is 4.39. The van der Waals surface area contributed by atoms with Crippen molar-refractivity contribution in [3.05, 3.63) is 36.0 Å². The lowest BCUT2D eigenvalue weighted by Gasteiger charge is -2.40. The fourth-order valence-corrected chi connectivity index (χ4v) is 7.35. The Hall–Kier alpha value is -2.28. The van der Waals surface area contributed by atoms with Gasteiger partial charge >= 0.3 is 12.1 Å². The molecular weight excluding hydrogens is 628 g/mol. The lowest BCUT2D eigenvalue weighted by molar-refractivity contribution is -0.151. The second-order valence-corrected chi connectivity index (χ2v) is 15.1. The third kappa shape index (κ3) is 11.9. The van der Waals surface area contributed by atoms with Crippen molar-refractivity contribution in [2.75, 3.05) is 39.4 Å². The summed E-state index contributed by atoms with van der Waals surface area (Å²) in [5.41, 5.74) is -0.356. The number of aliphatic hydroxyl groups is 3. The molecular formula is C38H62N2O9. The molecule has 4 aliphatic heterocycles. The van der Waals surface area contributed by atoms with Gasteiger partial charge in [0.1, 0.15) is 12.2 Å². The van der Waals surface area contributed by atoms with Gasteiger partial charge in [0, 0.05) is 50.5 Å². The van der Waals surface area contributed by atoms with Gasteiger partial charge in [-0.2, -0.15) is 0 Å². The van der Waals surface area contributed by atoms with Crippen LogP contribution in [0.4, 0.5) is 4.79 Å². The summed E-state index contributed by atoms with van der Waals surface area (Å²) in [6.07, 6.45) is 9.98. The topological polar surface area (TPSA) is 142 Å². The van der Waals surface area contributed by atoms with Crippen LogP contribution in [0, 0.1) is 17.8 Å². The van der Waals surface area contributed by atoms with Gasteiger partial charge in [0.2, 0.25) is 0 Å². The number of carbonyl (C=O) groups is 2. The van der Waals surface area contributed by atoms with Crippen LogP contribution in [-0.4, -0.2) is 125 Å². The summed E-state index contributed by atoms with van der Waals surface area (Å²) in [5.74, 6) is -0.786. The van der Waals surface area contributed by atoms with Crippen molar-refractivity contribution in [1.82, 2.24) is 9.80 Å². The van der Waals surface area contributed by atoms with Crippen LogP contribution in [0.3, 0.4) is 0 Å². The number of piperidine rings is 1. The van der Waals surface area contributed by atoms with Gasteiger partial charge < -0.3 is 39.2 Å². The number of hydrogen-bond acceptors (Lipinski definition) is 10. The van der Waals surface area contributed by atoms with Crippen molar-refractivity contribution in [2.24, 2.45) is 17.8 Å². The number of cyclic esters (lactones) is 1. The molecule has 49 heavy (non-hydrogen) atoms. The van der Waals surface area contributed by atoms with Crippen LogP contribution < -0.4 is 0 Å². The summed E-state index contributed by atoms with van der Waals surface area (Å²) in [6, 6.07) is 0.460. The maximum Gasteiger partial charge on any atom is 0.410 e. The molecule has 0 spiro atoms. The largest absolute Gasteiger partial charge is 0.457 e. The number of rotatable bonds is 10. The Labute approximate surface area is 293 Å². The third-order valence-corrected chi connectivity index (χ3v) is 10.8. The van der Waals surface area contributed by atoms with Crippen LogP contribution in [0.25, 0.3) is 0 Å². The van der Waals surface area contributed by atoms with E-state index in [2.05, 4.69) is 4.90 Å². The third-order valence-electron chi connectivity index (χ3n) is 10.8. The Kier molecular flexibility index (Phi) is 14.7. The molecule has 4 heterocycles. The van der Waals surface area contributed by atoms with E-state index in [1.165, 1.54) is 0 Å². The molecule has 4 aliphatic rings. The zero-order chi connectivity index (χ0) is 35.7. The van der Waals surface area contributed by atoms with Crippen LogP contribution in [-0.2, 0) is 23.7 Å². The number of epoxide rings is 1. The van der Waals surface area contributed by atoms with Gasteiger partial charge in [-0.1, -0.05) is 52.0 Å². The van der Waals surface area contributed by atoms with Crippen LogP contribution in [0.5, 0.6) is 0 Å². The van der Waals surface area contributed by atoms with Crippen molar-refractivity contribution in [3.63, 3.8) is 0 Å². The number of allylic oxidation sites excluding steroid dienone is 2. The van der Waals surface area contributed by atoms with Gasteiger partial charge in [-0.05, 0) is 63.5 Å². The Morgan fingerprint density at radius 1 is 1.12 bits per heavy atom. The Bertz CT molecular complexity index is 1160. The van der Waals surface area contributed by atoms with E-state index in [0.29, 0.717) is 44.8 Å². The van der Waals surface area contributed by atoms with Gasteiger partial charge in [-0.25, -0.2) is 4.79 Å². The van der Waals surface area contributed by atoms with E-state index in [1.54, 1.807) is 24.0 Å². The number of nitrogens with zero attached hydrogens (tertiary/aromatic N) is 2. The lowest BCUT2D eigenvalue weighted by atomic mass is 9.91. The first-order valence-corrected chi connectivity index (χ1v) is 18.5. The standard InChI is InChI=1S/C38H62N2O9/c1-7-31(42)28(5)36-33(47-36)24-38(6,45)16-8-9-26(3)35-27(4)11-13-32(25(2)10-12-30(41)23-34(43)49-35)48-37(44)40-17-14-29(15-18-40)39-19-21-46-22-20-39/h8-9,11,13,16,25,27-33,35-36,41-42,45H,7,10,12,14-15,17-24H2,1-6H3. The highest BCUT2D eigenvalue weighted by Crippen LogP contribution is 2.37. The van der Waals surface area contributed by atoms with Gasteiger partial charge in [0.05, 0.1) is 49.7 Å². The lowest BCUT2D eigenvalue weighted by Crippen LogP contribution is -2.50. The number of ether oxygens (including phenoxy) is 4. The van der Waals surface area contributed by atoms with Crippen LogP contribution in [0.15, 0.2) is 36.0 Å². The number of esters is 1. The first-order valence-electron chi connectivity index (χ1n) is 18.5. The van der Waals surface area contributed by atoms with Gasteiger partial charge in [0.25, 0.3) is 0 Å². The van der Waals surface area contributed by atoms with Crippen molar-refractivity contribution in [1.29, 1.82) is 0 Å². The average molecular weight is 691 g/mol. The first kappa shape index (κ1) is 39.5. The highest BCUT2D eigenvalue weighted by Gasteiger charge is 2.47. The minimum atomic E-state index is -1.13. The fraction of sp³-hybridized carbons (Fsp3) is 0.789. The van der Waals surface area contributed by atoms with Crippen molar-refractivity contribution in [3.8, 4) is 0 Å². The smallest absolute Gasteiger partial charge is 0.410 e. The molecule has 0 radical (unpaired) electrons. The van der Waals surface area contributed by atoms with E-state index < -0.39 is 36.0 Å². The van der Waals surface area contributed by atoms with Crippen molar-refractivity contribution in [2.45, 2.75) is 135 Å². The van der Waals surface area contributed by atoms with Gasteiger partial charge in [-0.3, -0.25) is 9.69 Å². The molecule has 0 aliphatic carbocycles. The molecule has 10 unspecified atom stereocenters. The SMILES string of the molecule is CCC(O)C(C)C1OC1CC(C)(O)C=CC=C(C)C1OC(=O)CC(O)CCC(C)C(OC(=O)N2CCC(N3CCOCC3)CC2)C=CC1C. The molecule has 0 aromatic rings. The monoisotopic (exact) mass is 690 g/mol. The normalized spacial score (nSPS) is 34.0. The zero-order valence-electron chi connectivity index (χ0n) is 30.5. The molecule has 1 amide bonds. The molecule has 0 aromatic carbocycles. The van der Waals surface area contributed by atoms with E-state index in [9.17, 15) is 24.9 Å². The predicted molar refractivity (Wildman–Crippen MR) is 187 cm³/mol. The maximum absolute atomic E-state index is 13.4. The highest BCUT2D eigenvalue weighted by atomic mass is 16.6. The average Bonchev–Trinajstić information content (AvgIpc) is 3.84. The Balaban J connectivity index is 1.39. The summed E-state index contributed by atoms with van der Waals surface area (Å²) in [4.78, 5) is 30.5. The van der Waals surface area contributed by atoms with Crippen LogP contribution >= 0.6 is 0 Å². The Morgan fingerprint density at radius 3 is 2.49 bits per heavy atom. The number of aliphatic hydroxyl groups excluding tert-OH is 2. The number of morpholine rings is 1. The number of likely N-dealkylation sites (tertiary alicyclic amines) is 1. The summed E-state index contributed by atoms with van der Waals surface area (Å²) in [6.45, 7) is 16.2. The highest BCUT2D eigenvalue weighted by molar-refractivity contribution is 5.70. The summed E-state index contributed by atoms with van der Waals surface area (Å²) in [7, 11) is 0. The molecule has 0 bridgehead atoms.